The molecule has 1 N–H and O–H groups in total. The highest BCUT2D eigenvalue weighted by atomic mass is 32.1. The number of nitrogens with one attached hydrogen (secondary N) is 1. The van der Waals surface area contributed by atoms with Crippen molar-refractivity contribution in [3.8, 4) is 17.1 Å². The van der Waals surface area contributed by atoms with E-state index in [0.717, 1.165) is 22.6 Å². The molecule has 2 aromatic carbocycles. The van der Waals surface area contributed by atoms with Gasteiger partial charge < -0.3 is 23.9 Å². The van der Waals surface area contributed by atoms with E-state index in [9.17, 15) is 4.39 Å². The number of halogens is 1. The van der Waals surface area contributed by atoms with Crippen molar-refractivity contribution in [1.29, 1.82) is 0 Å². The van der Waals surface area contributed by atoms with Crippen LogP contribution < -0.4 is 10.1 Å². The molecule has 0 fully saturated rings. The Balaban J connectivity index is 1.61. The van der Waals surface area contributed by atoms with Gasteiger partial charge in [0.05, 0.1) is 31.5 Å². The van der Waals surface area contributed by atoms with Crippen LogP contribution >= 0.6 is 12.2 Å². The van der Waals surface area contributed by atoms with Crippen molar-refractivity contribution >= 4 is 22.9 Å². The first kappa shape index (κ1) is 21.8. The molecular formula is C25H21FN4O3S. The van der Waals surface area contributed by atoms with E-state index in [0.29, 0.717) is 34.7 Å². The third kappa shape index (κ3) is 4.17. The number of hydrogen-bond acceptors (Lipinski definition) is 6. The van der Waals surface area contributed by atoms with E-state index in [1.165, 1.54) is 12.1 Å². The molecule has 0 aliphatic carbocycles. The predicted molar refractivity (Wildman–Crippen MR) is 128 cm³/mol. The van der Waals surface area contributed by atoms with Crippen molar-refractivity contribution < 1.29 is 18.1 Å². The molecule has 7 nitrogen and oxygen atoms in total. The molecule has 1 atom stereocenters. The molecule has 1 aliphatic heterocycles. The van der Waals surface area contributed by atoms with Crippen molar-refractivity contribution in [3.63, 3.8) is 0 Å². The fourth-order valence-electron chi connectivity index (χ4n) is 3.96. The average molecular weight is 477 g/mol. The van der Waals surface area contributed by atoms with Crippen LogP contribution in [0.15, 0.2) is 81.6 Å². The Kier molecular flexibility index (Phi) is 5.85. The van der Waals surface area contributed by atoms with Crippen molar-refractivity contribution in [2.45, 2.75) is 19.5 Å². The lowest BCUT2D eigenvalue weighted by atomic mass is 9.94. The Bertz CT molecular complexity index is 1370. The molecule has 0 spiro atoms. The lowest BCUT2D eigenvalue weighted by Gasteiger charge is -2.37. The zero-order chi connectivity index (χ0) is 23.7. The fourth-order valence-corrected chi connectivity index (χ4v) is 4.28. The maximum Gasteiger partial charge on any atom is 0.258 e. The SMILES string of the molecule is COc1cccc(C2NC(=S)N(Cc3ccco3)C(C)=C2c2nc(-c3cccc(F)c3)no2)c1. The molecule has 2 aromatic heterocycles. The highest BCUT2D eigenvalue weighted by Gasteiger charge is 2.34. The number of methoxy groups -OCH3 is 1. The number of rotatable bonds is 6. The second-order valence-electron chi connectivity index (χ2n) is 7.76. The molecule has 5 rings (SSSR count). The van der Waals surface area contributed by atoms with Gasteiger partial charge in [-0.25, -0.2) is 4.39 Å². The van der Waals surface area contributed by atoms with E-state index < -0.39 is 0 Å². The molecule has 4 aromatic rings. The summed E-state index contributed by atoms with van der Waals surface area (Å²) in [5.41, 5.74) is 3.03. The van der Waals surface area contributed by atoms with E-state index in [2.05, 4.69) is 15.5 Å². The van der Waals surface area contributed by atoms with E-state index in [4.69, 9.17) is 25.9 Å². The van der Waals surface area contributed by atoms with Crippen LogP contribution in [0.3, 0.4) is 0 Å². The van der Waals surface area contributed by atoms with E-state index in [1.54, 1.807) is 25.5 Å². The number of hydrogen-bond donors (Lipinski definition) is 1. The first-order valence-corrected chi connectivity index (χ1v) is 11.0. The molecule has 0 radical (unpaired) electrons. The largest absolute Gasteiger partial charge is 0.497 e. The summed E-state index contributed by atoms with van der Waals surface area (Å²) in [5.74, 6) is 1.71. The summed E-state index contributed by atoms with van der Waals surface area (Å²) in [6.07, 6.45) is 1.62. The lowest BCUT2D eigenvalue weighted by molar-refractivity contribution is 0.382. The Morgan fingerprint density at radius 1 is 1.15 bits per heavy atom. The summed E-state index contributed by atoms with van der Waals surface area (Å²) in [5, 5.41) is 8.05. The molecule has 9 heteroatoms. The maximum absolute atomic E-state index is 13.8. The standard InChI is InChI=1S/C25H21FN4O3S/c1-15-21(24-28-23(29-33-24)17-7-3-8-18(26)12-17)22(16-6-4-9-19(13-16)31-2)27-25(34)30(15)14-20-10-5-11-32-20/h3-13,22H,14H2,1-2H3,(H,27,34). The molecule has 1 aliphatic rings. The van der Waals surface area contributed by atoms with Gasteiger partial charge >= 0.3 is 0 Å². The molecular weight excluding hydrogens is 455 g/mol. The second kappa shape index (κ2) is 9.11. The van der Waals surface area contributed by atoms with Crippen LogP contribution in [0.4, 0.5) is 4.39 Å². The zero-order valence-electron chi connectivity index (χ0n) is 18.5. The minimum absolute atomic E-state index is 0.296. The monoisotopic (exact) mass is 476 g/mol. The van der Waals surface area contributed by atoms with Crippen molar-refractivity contribution in [1.82, 2.24) is 20.4 Å². The van der Waals surface area contributed by atoms with Crippen molar-refractivity contribution in [2.24, 2.45) is 0 Å². The topological polar surface area (TPSA) is 76.6 Å². The van der Waals surface area contributed by atoms with Gasteiger partial charge in [-0.15, -0.1) is 0 Å². The Morgan fingerprint density at radius 3 is 2.76 bits per heavy atom. The number of thiocarbonyl (C=S) groups is 1. The van der Waals surface area contributed by atoms with Gasteiger partial charge in [0.25, 0.3) is 5.89 Å². The molecule has 0 saturated carbocycles. The summed E-state index contributed by atoms with van der Waals surface area (Å²) in [4.78, 5) is 6.53. The molecule has 0 bridgehead atoms. The quantitative estimate of drug-likeness (QED) is 0.374. The molecule has 3 heterocycles. The summed E-state index contributed by atoms with van der Waals surface area (Å²) >= 11 is 5.71. The summed E-state index contributed by atoms with van der Waals surface area (Å²) in [6, 6.07) is 17.1. The third-order valence-corrected chi connectivity index (χ3v) is 5.99. The minimum Gasteiger partial charge on any atom is -0.497 e. The highest BCUT2D eigenvalue weighted by molar-refractivity contribution is 7.80. The number of ether oxygens (including phenoxy) is 1. The predicted octanol–water partition coefficient (Wildman–Crippen LogP) is 5.34. The Labute approximate surface area is 200 Å². The van der Waals surface area contributed by atoms with E-state index >= 15 is 0 Å². The van der Waals surface area contributed by atoms with E-state index in [1.807, 2.05) is 48.2 Å². The van der Waals surface area contributed by atoms with Crippen LogP contribution in [0.25, 0.3) is 17.0 Å². The summed E-state index contributed by atoms with van der Waals surface area (Å²) < 4.78 is 30.4. The fraction of sp³-hybridized carbons (Fsp3) is 0.160. The molecule has 0 saturated heterocycles. The molecule has 1 unspecified atom stereocenters. The smallest absolute Gasteiger partial charge is 0.258 e. The van der Waals surface area contributed by atoms with E-state index in [-0.39, 0.29) is 11.9 Å². The number of nitrogens with zero attached hydrogens (tertiary/aromatic N) is 3. The van der Waals surface area contributed by atoms with Gasteiger partial charge in [-0.1, -0.05) is 29.4 Å². The average Bonchev–Trinajstić information content (AvgIpc) is 3.54. The van der Waals surface area contributed by atoms with Gasteiger partial charge in [-0.3, -0.25) is 0 Å². The Hall–Kier alpha value is -3.98. The van der Waals surface area contributed by atoms with Gasteiger partial charge in [-0.05, 0) is 61.1 Å². The van der Waals surface area contributed by atoms with Crippen LogP contribution in [0.5, 0.6) is 5.75 Å². The zero-order valence-corrected chi connectivity index (χ0v) is 19.3. The van der Waals surface area contributed by atoms with Crippen LogP contribution in [0.1, 0.15) is 30.2 Å². The van der Waals surface area contributed by atoms with Gasteiger partial charge in [0.15, 0.2) is 5.11 Å². The summed E-state index contributed by atoms with van der Waals surface area (Å²) in [7, 11) is 1.62. The van der Waals surface area contributed by atoms with Crippen LogP contribution in [-0.4, -0.2) is 27.3 Å². The number of aromatic nitrogens is 2. The number of furan rings is 1. The van der Waals surface area contributed by atoms with Gasteiger partial charge in [0.2, 0.25) is 5.82 Å². The molecule has 0 amide bonds. The summed E-state index contributed by atoms with van der Waals surface area (Å²) in [6.45, 7) is 2.38. The second-order valence-corrected chi connectivity index (χ2v) is 8.14. The van der Waals surface area contributed by atoms with Gasteiger partial charge in [0.1, 0.15) is 17.3 Å². The Morgan fingerprint density at radius 2 is 2.00 bits per heavy atom. The van der Waals surface area contributed by atoms with Crippen LogP contribution in [0, 0.1) is 5.82 Å². The number of allylic oxidation sites excluding steroid dienone is 1. The van der Waals surface area contributed by atoms with Crippen molar-refractivity contribution in [2.75, 3.05) is 7.11 Å². The number of benzene rings is 2. The molecule has 172 valence electrons. The van der Waals surface area contributed by atoms with Crippen LogP contribution in [-0.2, 0) is 6.54 Å². The molecule has 34 heavy (non-hydrogen) atoms. The van der Waals surface area contributed by atoms with Crippen LogP contribution in [0.2, 0.25) is 0 Å². The normalized spacial score (nSPS) is 16.0. The van der Waals surface area contributed by atoms with Gasteiger partial charge in [-0.2, -0.15) is 4.98 Å². The third-order valence-electron chi connectivity index (χ3n) is 5.66. The minimum atomic E-state index is -0.372. The first-order valence-electron chi connectivity index (χ1n) is 10.6. The van der Waals surface area contributed by atoms with Crippen molar-refractivity contribution in [3.05, 3.63) is 95.7 Å². The lowest BCUT2D eigenvalue weighted by Crippen LogP contribution is -2.45. The highest BCUT2D eigenvalue weighted by Crippen LogP contribution is 2.38. The maximum atomic E-state index is 13.8. The first-order chi connectivity index (χ1) is 16.5. The van der Waals surface area contributed by atoms with Gasteiger partial charge in [0, 0.05) is 11.3 Å².